The summed E-state index contributed by atoms with van der Waals surface area (Å²) in [6, 6.07) is 19.9. The van der Waals surface area contributed by atoms with Gasteiger partial charge in [-0.05, 0) is 79.5 Å². The maximum absolute atomic E-state index is 14.6. The van der Waals surface area contributed by atoms with Crippen molar-refractivity contribution in [3.63, 3.8) is 0 Å². The molecule has 0 aliphatic carbocycles. The Kier molecular flexibility index (Phi) is 10.1. The Hall–Kier alpha value is -5.45. The summed E-state index contributed by atoms with van der Waals surface area (Å²) in [5, 5.41) is 12.3. The molecule has 5 aromatic rings. The molecule has 4 saturated heterocycles. The molecule has 0 bridgehead atoms. The fourth-order valence-corrected chi connectivity index (χ4v) is 9.96. The second-order valence-corrected chi connectivity index (χ2v) is 16.5. The minimum atomic E-state index is -0.682. The van der Waals surface area contributed by atoms with Crippen molar-refractivity contribution in [2.75, 3.05) is 68.7 Å². The van der Waals surface area contributed by atoms with Crippen LogP contribution in [0, 0.1) is 23.1 Å². The Balaban J connectivity index is 0.761. The number of halogens is 1. The van der Waals surface area contributed by atoms with Crippen LogP contribution in [0.1, 0.15) is 67.2 Å². The number of aryl methyl sites for hydroxylation is 1. The number of fused-ring (bicyclic) bond motifs is 2. The SMILES string of the molecule is Cn1c(=O)n(C2CCC(=O)NC2=O)c2cccc(CN3CCN(CC4CCN(c5ccc([C@@H]6CCCN(c7ccc(F)c8c(C#N)c[nH]c78)C6)cc5)CC4)CC3)c21. The Morgan fingerprint density at radius 2 is 1.63 bits per heavy atom. The maximum Gasteiger partial charge on any atom is 0.329 e. The van der Waals surface area contributed by atoms with Crippen LogP contribution in [0.2, 0.25) is 0 Å². The Labute approximate surface area is 331 Å². The van der Waals surface area contributed by atoms with E-state index in [9.17, 15) is 24.0 Å². The molecule has 2 atom stereocenters. The summed E-state index contributed by atoms with van der Waals surface area (Å²) < 4.78 is 17.9. The van der Waals surface area contributed by atoms with E-state index in [1.165, 1.54) is 30.2 Å². The largest absolute Gasteiger partial charge is 0.372 e. The number of nitrogens with zero attached hydrogens (tertiary/aromatic N) is 7. The molecule has 6 heterocycles. The number of imide groups is 1. The summed E-state index contributed by atoms with van der Waals surface area (Å²) in [5.74, 6) is 0.00536. The average Bonchev–Trinajstić information content (AvgIpc) is 3.78. The summed E-state index contributed by atoms with van der Waals surface area (Å²) in [5.41, 5.74) is 7.08. The molecule has 0 spiro atoms. The highest BCUT2D eigenvalue weighted by Crippen LogP contribution is 2.36. The lowest BCUT2D eigenvalue weighted by molar-refractivity contribution is -0.135. The van der Waals surface area contributed by atoms with Crippen LogP contribution in [-0.2, 0) is 23.2 Å². The quantitative estimate of drug-likeness (QED) is 0.206. The van der Waals surface area contributed by atoms with Gasteiger partial charge in [0.15, 0.2) is 0 Å². The van der Waals surface area contributed by atoms with Crippen LogP contribution in [0.4, 0.5) is 15.8 Å². The summed E-state index contributed by atoms with van der Waals surface area (Å²) in [6.07, 6.45) is 6.69. The van der Waals surface area contributed by atoms with Gasteiger partial charge in [-0.2, -0.15) is 5.26 Å². The van der Waals surface area contributed by atoms with E-state index in [0.29, 0.717) is 34.7 Å². The highest BCUT2D eigenvalue weighted by molar-refractivity contribution is 6.00. The van der Waals surface area contributed by atoms with Crippen LogP contribution >= 0.6 is 0 Å². The fraction of sp³-hybridized carbons (Fsp3) is 0.455. The third-order valence-corrected chi connectivity index (χ3v) is 13.1. The highest BCUT2D eigenvalue weighted by Gasteiger charge is 2.32. The van der Waals surface area contributed by atoms with Crippen molar-refractivity contribution < 1.29 is 14.0 Å². The number of hydrogen-bond acceptors (Lipinski definition) is 8. The van der Waals surface area contributed by atoms with E-state index in [1.54, 1.807) is 22.4 Å². The number of H-pyrrole nitrogens is 1. The molecule has 12 nitrogen and oxygen atoms in total. The first-order valence-corrected chi connectivity index (χ1v) is 20.5. The number of benzene rings is 3. The van der Waals surface area contributed by atoms with Gasteiger partial charge in [-0.1, -0.05) is 24.3 Å². The molecule has 1 unspecified atom stereocenters. The van der Waals surface area contributed by atoms with Gasteiger partial charge in [0, 0.05) is 96.7 Å². The predicted octanol–water partition coefficient (Wildman–Crippen LogP) is 5.23. The van der Waals surface area contributed by atoms with Crippen LogP contribution in [0.25, 0.3) is 21.9 Å². The van der Waals surface area contributed by atoms with E-state index < -0.39 is 11.9 Å². The Morgan fingerprint density at radius 1 is 0.860 bits per heavy atom. The number of aromatic amines is 1. The van der Waals surface area contributed by atoms with E-state index in [1.807, 2.05) is 18.2 Å². The van der Waals surface area contributed by atoms with E-state index in [-0.39, 0.29) is 23.8 Å². The number of nitriles is 1. The zero-order chi connectivity index (χ0) is 39.2. The number of hydrogen-bond donors (Lipinski definition) is 2. The normalized spacial score (nSPS) is 21.7. The molecule has 4 aliphatic heterocycles. The number of imidazole rings is 1. The van der Waals surface area contributed by atoms with Gasteiger partial charge in [0.2, 0.25) is 11.8 Å². The summed E-state index contributed by atoms with van der Waals surface area (Å²) in [4.78, 5) is 50.9. The number of anilines is 2. The first-order chi connectivity index (χ1) is 27.7. The zero-order valence-corrected chi connectivity index (χ0v) is 32.6. The number of carbonyl (C=O) groups excluding carboxylic acids is 2. The maximum atomic E-state index is 14.6. The van der Waals surface area contributed by atoms with Crippen molar-refractivity contribution in [1.29, 1.82) is 5.26 Å². The first-order valence-electron chi connectivity index (χ1n) is 20.5. The molecule has 13 heteroatoms. The molecule has 2 amide bonds. The minimum Gasteiger partial charge on any atom is -0.372 e. The highest BCUT2D eigenvalue weighted by atomic mass is 19.1. The van der Waals surface area contributed by atoms with E-state index in [4.69, 9.17) is 0 Å². The van der Waals surface area contributed by atoms with Crippen molar-refractivity contribution in [3.05, 3.63) is 93.8 Å². The molecule has 4 fully saturated rings. The molecule has 2 aromatic heterocycles. The van der Waals surface area contributed by atoms with E-state index in [0.717, 1.165) is 101 Å². The van der Waals surface area contributed by atoms with Gasteiger partial charge in [0.25, 0.3) is 0 Å². The molecule has 3 aromatic carbocycles. The number of para-hydroxylation sites is 1. The van der Waals surface area contributed by atoms with Gasteiger partial charge < -0.3 is 19.7 Å². The smallest absolute Gasteiger partial charge is 0.329 e. The molecule has 296 valence electrons. The van der Waals surface area contributed by atoms with Crippen LogP contribution in [0.15, 0.2) is 65.6 Å². The van der Waals surface area contributed by atoms with Crippen LogP contribution in [0.3, 0.4) is 0 Å². The molecule has 9 rings (SSSR count). The zero-order valence-electron chi connectivity index (χ0n) is 32.6. The fourth-order valence-electron chi connectivity index (χ4n) is 9.96. The summed E-state index contributed by atoms with van der Waals surface area (Å²) in [7, 11) is 1.77. The number of piperazine rings is 1. The van der Waals surface area contributed by atoms with Crippen LogP contribution < -0.4 is 20.8 Å². The van der Waals surface area contributed by atoms with Gasteiger partial charge in [0.05, 0.1) is 33.2 Å². The topological polar surface area (TPSA) is 126 Å². The molecule has 0 radical (unpaired) electrons. The molecular formula is C44H50FN9O3. The predicted molar refractivity (Wildman–Crippen MR) is 219 cm³/mol. The van der Waals surface area contributed by atoms with Crippen LogP contribution in [-0.4, -0.2) is 94.6 Å². The van der Waals surface area contributed by atoms with Crippen molar-refractivity contribution in [2.45, 2.75) is 57.0 Å². The number of piperidine rings is 3. The first kappa shape index (κ1) is 37.1. The lowest BCUT2D eigenvalue weighted by Gasteiger charge is -2.39. The number of nitrogens with one attached hydrogen (secondary N) is 2. The average molecular weight is 772 g/mol. The van der Waals surface area contributed by atoms with E-state index >= 15 is 0 Å². The second kappa shape index (κ2) is 15.5. The van der Waals surface area contributed by atoms with E-state index in [2.05, 4.69) is 66.3 Å². The molecule has 57 heavy (non-hydrogen) atoms. The molecule has 2 N–H and O–H groups in total. The van der Waals surface area contributed by atoms with Gasteiger partial charge in [-0.25, -0.2) is 9.18 Å². The number of rotatable bonds is 8. The van der Waals surface area contributed by atoms with Crippen molar-refractivity contribution in [2.24, 2.45) is 13.0 Å². The minimum absolute atomic E-state index is 0.227. The number of amides is 2. The number of aromatic nitrogens is 3. The van der Waals surface area contributed by atoms with Crippen molar-refractivity contribution >= 4 is 45.1 Å². The third-order valence-electron chi connectivity index (χ3n) is 13.1. The lowest BCUT2D eigenvalue weighted by Crippen LogP contribution is -2.48. The van der Waals surface area contributed by atoms with Crippen LogP contribution in [0.5, 0.6) is 0 Å². The number of carbonyl (C=O) groups is 2. The van der Waals surface area contributed by atoms with Gasteiger partial charge in [0.1, 0.15) is 17.9 Å². The molecule has 0 saturated carbocycles. The second-order valence-electron chi connectivity index (χ2n) is 16.5. The Morgan fingerprint density at radius 3 is 2.39 bits per heavy atom. The summed E-state index contributed by atoms with van der Waals surface area (Å²) in [6.45, 7) is 9.71. The lowest BCUT2D eigenvalue weighted by atomic mass is 9.89. The summed E-state index contributed by atoms with van der Waals surface area (Å²) >= 11 is 0. The molecular weight excluding hydrogens is 722 g/mol. The third kappa shape index (κ3) is 7.10. The van der Waals surface area contributed by atoms with Gasteiger partial charge in [-0.15, -0.1) is 0 Å². The van der Waals surface area contributed by atoms with Crippen molar-refractivity contribution in [1.82, 2.24) is 29.2 Å². The molecule has 4 aliphatic rings. The van der Waals surface area contributed by atoms with Crippen molar-refractivity contribution in [3.8, 4) is 6.07 Å². The monoisotopic (exact) mass is 771 g/mol. The van der Waals surface area contributed by atoms with Gasteiger partial charge in [-0.3, -0.25) is 28.9 Å². The standard InChI is InChI=1S/C44H50FN9O3/c1-49-42-32(4-2-6-37(42)54(44(49)57)38-13-14-39(55)48-43(38)56)27-51-22-20-50(21-23-51)26-29-15-18-52(19-16-29)34-9-7-30(8-10-34)31-5-3-17-53(28-31)36-12-11-35(45)40-33(24-46)25-47-41(36)40/h2,4,6-12,25,29,31,38,47H,3,5,13-23,26-28H2,1H3,(H,48,55,56)/t31-,38?/m1/s1. The Bertz CT molecular complexity index is 2410. The van der Waals surface area contributed by atoms with Gasteiger partial charge >= 0.3 is 5.69 Å².